The van der Waals surface area contributed by atoms with Crippen LogP contribution in [-0.4, -0.2) is 25.5 Å². The maximum atomic E-state index is 12.6. The average molecular weight is 401 g/mol. The predicted octanol–water partition coefficient (Wildman–Crippen LogP) is 2.99. The number of hydrogen-bond donors (Lipinski definition) is 2. The minimum absolute atomic E-state index is 0.0331. The maximum absolute atomic E-state index is 12.6. The Balaban J connectivity index is 1.75. The van der Waals surface area contributed by atoms with Gasteiger partial charge in [-0.1, -0.05) is 47.6 Å². The Morgan fingerprint density at radius 2 is 1.75 bits per heavy atom. The normalized spacial score (nSPS) is 14.0. The average Bonchev–Trinajstić information content (AvgIpc) is 2.99. The van der Waals surface area contributed by atoms with Gasteiger partial charge in [-0.25, -0.2) is 8.42 Å². The summed E-state index contributed by atoms with van der Waals surface area (Å²) < 4.78 is 32.5. The summed E-state index contributed by atoms with van der Waals surface area (Å²) in [6.45, 7) is 6.43. The van der Waals surface area contributed by atoms with Crippen molar-refractivity contribution in [2.24, 2.45) is 0 Å². The molecule has 148 valence electrons. The van der Waals surface area contributed by atoms with E-state index in [0.717, 1.165) is 16.3 Å². The zero-order valence-electron chi connectivity index (χ0n) is 16.2. The first-order valence-corrected chi connectivity index (χ1v) is 10.4. The Hall–Kier alpha value is -2.71. The number of nitrogens with one attached hydrogen (secondary N) is 2. The van der Waals surface area contributed by atoms with Crippen LogP contribution in [0.1, 0.15) is 36.9 Å². The highest BCUT2D eigenvalue weighted by Crippen LogP contribution is 2.24. The van der Waals surface area contributed by atoms with Crippen molar-refractivity contribution in [1.29, 1.82) is 0 Å². The maximum Gasteiger partial charge on any atom is 0.246 e. The number of sulfonamides is 1. The molecule has 0 bridgehead atoms. The van der Waals surface area contributed by atoms with E-state index in [1.54, 1.807) is 6.92 Å². The second-order valence-electron chi connectivity index (χ2n) is 6.79. The van der Waals surface area contributed by atoms with Gasteiger partial charge in [0.25, 0.3) is 0 Å². The summed E-state index contributed by atoms with van der Waals surface area (Å²) in [6, 6.07) is 12.6. The first-order chi connectivity index (χ1) is 13.2. The van der Waals surface area contributed by atoms with E-state index >= 15 is 0 Å². The fourth-order valence-corrected chi connectivity index (χ4v) is 4.78. The van der Waals surface area contributed by atoms with E-state index in [1.165, 1.54) is 13.8 Å². The molecule has 1 aromatic heterocycles. The van der Waals surface area contributed by atoms with Crippen molar-refractivity contribution in [3.63, 3.8) is 0 Å². The lowest BCUT2D eigenvalue weighted by molar-refractivity contribution is -0.123. The highest BCUT2D eigenvalue weighted by Gasteiger charge is 2.28. The van der Waals surface area contributed by atoms with Gasteiger partial charge >= 0.3 is 0 Å². The third-order valence-corrected chi connectivity index (χ3v) is 6.39. The fraction of sp³-hybridized carbons (Fsp3) is 0.300. The van der Waals surface area contributed by atoms with Crippen molar-refractivity contribution in [2.75, 3.05) is 0 Å². The standard InChI is InChI=1S/C20H23N3O4S/c1-12(17-11-7-9-16-8-5-6-10-18(16)17)21-20(24)14(3)23-28(25,26)19-13(2)22-27-15(19)4/h5-12,14,23H,1-4H3,(H,21,24)/t12?,14-/m0/s1. The van der Waals surface area contributed by atoms with Crippen LogP contribution in [0.3, 0.4) is 0 Å². The third-order valence-electron chi connectivity index (χ3n) is 4.61. The number of nitrogens with zero attached hydrogens (tertiary/aromatic N) is 1. The topological polar surface area (TPSA) is 101 Å². The van der Waals surface area contributed by atoms with E-state index in [4.69, 9.17) is 4.52 Å². The molecule has 0 aliphatic carbocycles. The first kappa shape index (κ1) is 20.0. The Morgan fingerprint density at radius 1 is 1.07 bits per heavy atom. The lowest BCUT2D eigenvalue weighted by atomic mass is 9.99. The lowest BCUT2D eigenvalue weighted by Gasteiger charge is -2.20. The van der Waals surface area contributed by atoms with Crippen LogP contribution < -0.4 is 10.0 Å². The number of aryl methyl sites for hydroxylation is 2. The third kappa shape index (κ3) is 3.93. The molecule has 1 heterocycles. The molecule has 0 spiro atoms. The molecule has 28 heavy (non-hydrogen) atoms. The van der Waals surface area contributed by atoms with E-state index in [9.17, 15) is 13.2 Å². The molecule has 2 aromatic carbocycles. The van der Waals surface area contributed by atoms with Crippen LogP contribution in [0.4, 0.5) is 0 Å². The molecular weight excluding hydrogens is 378 g/mol. The van der Waals surface area contributed by atoms with Crippen molar-refractivity contribution in [3.8, 4) is 0 Å². The van der Waals surface area contributed by atoms with Gasteiger partial charge in [0.05, 0.1) is 12.1 Å². The van der Waals surface area contributed by atoms with Crippen LogP contribution in [0.5, 0.6) is 0 Å². The summed E-state index contributed by atoms with van der Waals surface area (Å²) in [4.78, 5) is 12.6. The summed E-state index contributed by atoms with van der Waals surface area (Å²) in [5.74, 6) is -0.238. The SMILES string of the molecule is Cc1noc(C)c1S(=O)(=O)N[C@@H](C)C(=O)NC(C)c1cccc2ccccc12. The number of carbonyl (C=O) groups excluding carboxylic acids is 1. The van der Waals surface area contributed by atoms with Crippen LogP contribution in [0.25, 0.3) is 10.8 Å². The molecule has 2 N–H and O–H groups in total. The van der Waals surface area contributed by atoms with Crippen LogP contribution >= 0.6 is 0 Å². The Labute approximate surface area is 164 Å². The first-order valence-electron chi connectivity index (χ1n) is 8.94. The van der Waals surface area contributed by atoms with Crippen molar-refractivity contribution >= 4 is 26.7 Å². The van der Waals surface area contributed by atoms with E-state index in [-0.39, 0.29) is 22.4 Å². The molecule has 0 saturated carbocycles. The Morgan fingerprint density at radius 3 is 2.43 bits per heavy atom. The van der Waals surface area contributed by atoms with Gasteiger partial charge in [-0.05, 0) is 44.0 Å². The van der Waals surface area contributed by atoms with Gasteiger partial charge in [0.15, 0.2) is 5.76 Å². The van der Waals surface area contributed by atoms with Gasteiger partial charge in [0.1, 0.15) is 10.6 Å². The second kappa shape index (κ2) is 7.73. The molecule has 3 aromatic rings. The Kier molecular flexibility index (Phi) is 5.53. The largest absolute Gasteiger partial charge is 0.360 e. The van der Waals surface area contributed by atoms with Crippen LogP contribution in [0, 0.1) is 13.8 Å². The van der Waals surface area contributed by atoms with Gasteiger partial charge in [0.2, 0.25) is 15.9 Å². The van der Waals surface area contributed by atoms with Crippen molar-refractivity contribution in [2.45, 2.75) is 44.7 Å². The summed E-state index contributed by atoms with van der Waals surface area (Å²) >= 11 is 0. The molecule has 0 aliphatic heterocycles. The molecule has 0 aliphatic rings. The smallest absolute Gasteiger partial charge is 0.246 e. The highest BCUT2D eigenvalue weighted by molar-refractivity contribution is 7.89. The number of carbonyl (C=O) groups is 1. The summed E-state index contributed by atoms with van der Waals surface area (Å²) in [5, 5.41) is 8.66. The molecule has 1 amide bonds. The van der Waals surface area contributed by atoms with Crippen LogP contribution in [0.15, 0.2) is 51.9 Å². The summed E-state index contributed by atoms with van der Waals surface area (Å²) in [7, 11) is -3.92. The number of hydrogen-bond acceptors (Lipinski definition) is 5. The number of benzene rings is 2. The minimum atomic E-state index is -3.92. The number of rotatable bonds is 6. The molecule has 0 saturated heterocycles. The fourth-order valence-electron chi connectivity index (χ4n) is 3.25. The van der Waals surface area contributed by atoms with Crippen molar-refractivity contribution in [1.82, 2.24) is 15.2 Å². The predicted molar refractivity (Wildman–Crippen MR) is 106 cm³/mol. The second-order valence-corrected chi connectivity index (χ2v) is 8.45. The molecule has 7 nitrogen and oxygen atoms in total. The van der Waals surface area contributed by atoms with E-state index in [1.807, 2.05) is 49.4 Å². The lowest BCUT2D eigenvalue weighted by Crippen LogP contribution is -2.45. The van der Waals surface area contributed by atoms with E-state index < -0.39 is 22.0 Å². The molecular formula is C20H23N3O4S. The summed E-state index contributed by atoms with van der Waals surface area (Å²) in [5.41, 5.74) is 1.22. The van der Waals surface area contributed by atoms with E-state index in [0.29, 0.717) is 0 Å². The van der Waals surface area contributed by atoms with Gasteiger partial charge in [-0.3, -0.25) is 4.79 Å². The van der Waals surface area contributed by atoms with Gasteiger partial charge in [-0.2, -0.15) is 4.72 Å². The monoisotopic (exact) mass is 401 g/mol. The molecule has 2 atom stereocenters. The van der Waals surface area contributed by atoms with Gasteiger partial charge in [-0.15, -0.1) is 0 Å². The Bertz CT molecular complexity index is 1100. The highest BCUT2D eigenvalue weighted by atomic mass is 32.2. The van der Waals surface area contributed by atoms with Crippen molar-refractivity contribution in [3.05, 3.63) is 59.5 Å². The molecule has 1 unspecified atom stereocenters. The van der Waals surface area contributed by atoms with Gasteiger partial charge in [0, 0.05) is 0 Å². The van der Waals surface area contributed by atoms with Gasteiger partial charge < -0.3 is 9.84 Å². The van der Waals surface area contributed by atoms with E-state index in [2.05, 4.69) is 15.2 Å². The zero-order chi connectivity index (χ0) is 20.5. The number of amides is 1. The van der Waals surface area contributed by atoms with Crippen molar-refractivity contribution < 1.29 is 17.7 Å². The molecule has 3 rings (SSSR count). The minimum Gasteiger partial charge on any atom is -0.360 e. The quantitative estimate of drug-likeness (QED) is 0.661. The van der Waals surface area contributed by atoms with Crippen LogP contribution in [0.2, 0.25) is 0 Å². The molecule has 0 fully saturated rings. The number of aromatic nitrogens is 1. The van der Waals surface area contributed by atoms with Crippen LogP contribution in [-0.2, 0) is 14.8 Å². The zero-order valence-corrected chi connectivity index (χ0v) is 17.0. The number of fused-ring (bicyclic) bond motifs is 1. The molecule has 8 heteroatoms. The molecule has 0 radical (unpaired) electrons. The summed E-state index contributed by atoms with van der Waals surface area (Å²) in [6.07, 6.45) is 0.